The molecular formula is C13H16O3. The van der Waals surface area contributed by atoms with Gasteiger partial charge in [0.25, 0.3) is 0 Å². The molecule has 3 heteroatoms. The fourth-order valence-corrected chi connectivity index (χ4v) is 2.14. The lowest BCUT2D eigenvalue weighted by atomic mass is 9.91. The van der Waals surface area contributed by atoms with Crippen LogP contribution in [0, 0.1) is 12.3 Å². The van der Waals surface area contributed by atoms with Crippen molar-refractivity contribution >= 4 is 0 Å². The molecule has 1 aromatic carbocycles. The molecule has 0 aromatic heterocycles. The van der Waals surface area contributed by atoms with Crippen molar-refractivity contribution in [2.24, 2.45) is 5.41 Å². The molecule has 0 spiro atoms. The second-order valence-corrected chi connectivity index (χ2v) is 5.10. The molecule has 3 nitrogen and oxygen atoms in total. The van der Waals surface area contributed by atoms with Crippen LogP contribution >= 0.6 is 0 Å². The van der Waals surface area contributed by atoms with Crippen molar-refractivity contribution in [2.45, 2.75) is 19.8 Å². The summed E-state index contributed by atoms with van der Waals surface area (Å²) in [6, 6.07) is 8.09. The molecule has 0 N–H and O–H groups in total. The van der Waals surface area contributed by atoms with E-state index in [9.17, 15) is 0 Å². The standard InChI is InChI=1S/C13H16O3/c1-10-4-3-5-11(6-10)13-14-7-12(2,8-15-13)9-16-13/h3-6H,7-9H2,1-2H3. The zero-order valence-electron chi connectivity index (χ0n) is 9.66. The van der Waals surface area contributed by atoms with Crippen LogP contribution in [0.2, 0.25) is 0 Å². The SMILES string of the molecule is Cc1cccc(C23OCC(C)(CO2)CO3)c1. The van der Waals surface area contributed by atoms with E-state index in [4.69, 9.17) is 14.2 Å². The molecule has 0 unspecified atom stereocenters. The first-order valence-electron chi connectivity index (χ1n) is 5.61. The van der Waals surface area contributed by atoms with Crippen molar-refractivity contribution in [1.29, 1.82) is 0 Å². The summed E-state index contributed by atoms with van der Waals surface area (Å²) in [5, 5.41) is 0. The fourth-order valence-electron chi connectivity index (χ4n) is 2.14. The van der Waals surface area contributed by atoms with Crippen LogP contribution in [0.15, 0.2) is 24.3 Å². The average Bonchev–Trinajstić information content (AvgIpc) is 2.30. The Bertz CT molecular complexity index is 389. The predicted octanol–water partition coefficient (Wildman–Crippen LogP) is 2.19. The van der Waals surface area contributed by atoms with Gasteiger partial charge in [0.05, 0.1) is 19.8 Å². The van der Waals surface area contributed by atoms with Crippen molar-refractivity contribution < 1.29 is 14.2 Å². The highest BCUT2D eigenvalue weighted by Gasteiger charge is 2.51. The molecule has 3 aliphatic heterocycles. The lowest BCUT2D eigenvalue weighted by molar-refractivity contribution is -0.477. The van der Waals surface area contributed by atoms with Gasteiger partial charge in [-0.1, -0.05) is 30.7 Å². The largest absolute Gasteiger partial charge is 0.323 e. The van der Waals surface area contributed by atoms with E-state index in [0.717, 1.165) is 5.56 Å². The third-order valence-corrected chi connectivity index (χ3v) is 3.20. The van der Waals surface area contributed by atoms with Gasteiger partial charge in [0.1, 0.15) is 0 Å². The maximum absolute atomic E-state index is 5.76. The quantitative estimate of drug-likeness (QED) is 0.726. The number of aryl methyl sites for hydroxylation is 1. The molecule has 2 bridgehead atoms. The number of benzene rings is 1. The molecule has 86 valence electrons. The van der Waals surface area contributed by atoms with Crippen molar-refractivity contribution in [3.05, 3.63) is 35.4 Å². The Balaban J connectivity index is 1.95. The van der Waals surface area contributed by atoms with Gasteiger partial charge < -0.3 is 14.2 Å². The minimum atomic E-state index is -0.955. The highest BCUT2D eigenvalue weighted by molar-refractivity contribution is 5.25. The number of hydrogen-bond acceptors (Lipinski definition) is 3. The molecule has 3 heterocycles. The van der Waals surface area contributed by atoms with Crippen LogP contribution in [0.5, 0.6) is 0 Å². The van der Waals surface area contributed by atoms with Gasteiger partial charge in [-0.15, -0.1) is 0 Å². The summed E-state index contributed by atoms with van der Waals surface area (Å²) in [5.74, 6) is -0.955. The highest BCUT2D eigenvalue weighted by atomic mass is 16.9. The number of ether oxygens (including phenoxy) is 3. The van der Waals surface area contributed by atoms with E-state index < -0.39 is 5.97 Å². The first-order chi connectivity index (χ1) is 7.62. The Kier molecular flexibility index (Phi) is 2.11. The van der Waals surface area contributed by atoms with Crippen LogP contribution in [0.1, 0.15) is 18.1 Å². The van der Waals surface area contributed by atoms with Gasteiger partial charge in [0.15, 0.2) is 0 Å². The second kappa shape index (κ2) is 3.29. The molecule has 16 heavy (non-hydrogen) atoms. The second-order valence-electron chi connectivity index (χ2n) is 5.10. The minimum Gasteiger partial charge on any atom is -0.323 e. The predicted molar refractivity (Wildman–Crippen MR) is 58.8 cm³/mol. The molecule has 0 saturated carbocycles. The average molecular weight is 220 g/mol. The summed E-state index contributed by atoms with van der Waals surface area (Å²) in [6.45, 7) is 6.26. The molecule has 0 radical (unpaired) electrons. The third kappa shape index (κ3) is 1.47. The molecule has 4 rings (SSSR count). The Morgan fingerprint density at radius 3 is 2.25 bits per heavy atom. The molecule has 3 saturated heterocycles. The van der Waals surface area contributed by atoms with Gasteiger partial charge >= 0.3 is 5.97 Å². The van der Waals surface area contributed by atoms with E-state index in [1.807, 2.05) is 18.2 Å². The summed E-state index contributed by atoms with van der Waals surface area (Å²) in [4.78, 5) is 0. The lowest BCUT2D eigenvalue weighted by Gasteiger charge is -2.50. The molecular weight excluding hydrogens is 204 g/mol. The van der Waals surface area contributed by atoms with E-state index in [-0.39, 0.29) is 5.41 Å². The maximum atomic E-state index is 5.76. The smallest absolute Gasteiger partial charge is 0.312 e. The summed E-state index contributed by atoms with van der Waals surface area (Å²) in [6.07, 6.45) is 0. The third-order valence-electron chi connectivity index (χ3n) is 3.20. The Hall–Kier alpha value is -0.900. The maximum Gasteiger partial charge on any atom is 0.312 e. The van der Waals surface area contributed by atoms with E-state index in [1.54, 1.807) is 0 Å². The van der Waals surface area contributed by atoms with E-state index in [0.29, 0.717) is 19.8 Å². The van der Waals surface area contributed by atoms with Crippen molar-refractivity contribution in [1.82, 2.24) is 0 Å². The van der Waals surface area contributed by atoms with Gasteiger partial charge in [-0.05, 0) is 13.0 Å². The van der Waals surface area contributed by atoms with Gasteiger partial charge in [0.2, 0.25) is 0 Å². The number of rotatable bonds is 1. The molecule has 0 atom stereocenters. The summed E-state index contributed by atoms with van der Waals surface area (Å²) in [7, 11) is 0. The fraction of sp³-hybridized carbons (Fsp3) is 0.538. The van der Waals surface area contributed by atoms with Gasteiger partial charge in [-0.25, -0.2) is 0 Å². The summed E-state index contributed by atoms with van der Waals surface area (Å²) in [5.41, 5.74) is 2.15. The highest BCUT2D eigenvalue weighted by Crippen LogP contribution is 2.43. The minimum absolute atomic E-state index is 0.0194. The molecule has 3 aliphatic rings. The van der Waals surface area contributed by atoms with Crippen molar-refractivity contribution in [2.75, 3.05) is 19.8 Å². The monoisotopic (exact) mass is 220 g/mol. The van der Waals surface area contributed by atoms with Crippen LogP contribution in [-0.2, 0) is 20.2 Å². The molecule has 1 aromatic rings. The first kappa shape index (κ1) is 10.3. The lowest BCUT2D eigenvalue weighted by Crippen LogP contribution is -2.57. The molecule has 0 aliphatic carbocycles. The topological polar surface area (TPSA) is 27.7 Å². The Morgan fingerprint density at radius 2 is 1.69 bits per heavy atom. The molecule has 3 fully saturated rings. The van der Waals surface area contributed by atoms with Crippen LogP contribution in [0.3, 0.4) is 0 Å². The van der Waals surface area contributed by atoms with E-state index in [1.165, 1.54) is 5.56 Å². The number of fused-ring (bicyclic) bond motifs is 3. The Labute approximate surface area is 95.3 Å². The normalized spacial score (nSPS) is 37.6. The van der Waals surface area contributed by atoms with Gasteiger partial charge in [0, 0.05) is 11.0 Å². The van der Waals surface area contributed by atoms with Crippen LogP contribution < -0.4 is 0 Å². The van der Waals surface area contributed by atoms with E-state index >= 15 is 0 Å². The van der Waals surface area contributed by atoms with Crippen LogP contribution in [-0.4, -0.2) is 19.8 Å². The number of hydrogen-bond donors (Lipinski definition) is 0. The van der Waals surface area contributed by atoms with Crippen LogP contribution in [0.4, 0.5) is 0 Å². The first-order valence-corrected chi connectivity index (χ1v) is 5.61. The summed E-state index contributed by atoms with van der Waals surface area (Å²) < 4.78 is 17.3. The van der Waals surface area contributed by atoms with Gasteiger partial charge in [-0.2, -0.15) is 0 Å². The zero-order chi connectivity index (χ0) is 11.2. The van der Waals surface area contributed by atoms with Crippen LogP contribution in [0.25, 0.3) is 0 Å². The van der Waals surface area contributed by atoms with Gasteiger partial charge in [-0.3, -0.25) is 0 Å². The van der Waals surface area contributed by atoms with Crippen molar-refractivity contribution in [3.63, 3.8) is 0 Å². The van der Waals surface area contributed by atoms with Crippen molar-refractivity contribution in [3.8, 4) is 0 Å². The summed E-state index contributed by atoms with van der Waals surface area (Å²) >= 11 is 0. The van der Waals surface area contributed by atoms with E-state index in [2.05, 4.69) is 19.9 Å². The Morgan fingerprint density at radius 1 is 1.06 bits per heavy atom. The molecule has 0 amide bonds. The zero-order valence-corrected chi connectivity index (χ0v) is 9.66.